The van der Waals surface area contributed by atoms with E-state index in [1.54, 1.807) is 11.3 Å². The summed E-state index contributed by atoms with van der Waals surface area (Å²) < 4.78 is 0. The van der Waals surface area contributed by atoms with Gasteiger partial charge in [-0.05, 0) is 24.4 Å². The highest BCUT2D eigenvalue weighted by molar-refractivity contribution is 7.09. The Morgan fingerprint density at radius 1 is 1.64 bits per heavy atom. The van der Waals surface area contributed by atoms with Gasteiger partial charge in [0.2, 0.25) is 0 Å². The van der Waals surface area contributed by atoms with Gasteiger partial charge in [0, 0.05) is 11.3 Å². The quantitative estimate of drug-likeness (QED) is 0.683. The van der Waals surface area contributed by atoms with E-state index in [1.165, 1.54) is 10.5 Å². The van der Waals surface area contributed by atoms with Gasteiger partial charge in [-0.2, -0.15) is 0 Å². The van der Waals surface area contributed by atoms with Gasteiger partial charge in [-0.1, -0.05) is 18.2 Å². The Balaban J connectivity index is 2.37. The van der Waals surface area contributed by atoms with E-state index < -0.39 is 0 Å². The molecule has 0 spiro atoms. The largest absolute Gasteiger partial charge is 0.330 e. The molecule has 0 radical (unpaired) electrons. The van der Waals surface area contributed by atoms with Crippen molar-refractivity contribution < 1.29 is 0 Å². The van der Waals surface area contributed by atoms with Crippen LogP contribution < -0.4 is 5.73 Å². The Morgan fingerprint density at radius 3 is 3.00 bits per heavy atom. The van der Waals surface area contributed by atoms with Crippen LogP contribution in [0.5, 0.6) is 0 Å². The Kier molecular flexibility index (Phi) is 3.33. The predicted molar refractivity (Wildman–Crippen MR) is 50.8 cm³/mol. The third kappa shape index (κ3) is 2.87. The molecule has 2 N–H and O–H groups in total. The minimum Gasteiger partial charge on any atom is -0.330 e. The van der Waals surface area contributed by atoms with Gasteiger partial charge in [0.05, 0.1) is 0 Å². The number of hydrogen-bond acceptors (Lipinski definition) is 2. The van der Waals surface area contributed by atoms with Crippen LogP contribution in [0, 0.1) is 0 Å². The molecule has 0 fully saturated rings. The van der Waals surface area contributed by atoms with E-state index in [0.29, 0.717) is 6.54 Å². The molecular weight excluding hydrogens is 154 g/mol. The van der Waals surface area contributed by atoms with Gasteiger partial charge in [-0.15, -0.1) is 11.3 Å². The van der Waals surface area contributed by atoms with Crippen LogP contribution >= 0.6 is 11.3 Å². The molecule has 1 nitrogen and oxygen atoms in total. The van der Waals surface area contributed by atoms with Crippen molar-refractivity contribution in [2.45, 2.75) is 12.8 Å². The summed E-state index contributed by atoms with van der Waals surface area (Å²) in [4.78, 5) is 1.38. The van der Waals surface area contributed by atoms with Crippen molar-refractivity contribution >= 4 is 11.3 Å². The maximum Gasteiger partial charge on any atom is 0.00855 e. The Labute approximate surface area is 71.5 Å². The summed E-state index contributed by atoms with van der Waals surface area (Å²) in [6.07, 6.45) is 1.94. The molecule has 0 bridgehead atoms. The molecule has 1 rings (SSSR count). The molecular formula is C9H13NS. The van der Waals surface area contributed by atoms with Gasteiger partial charge in [0.25, 0.3) is 0 Å². The van der Waals surface area contributed by atoms with Crippen LogP contribution in [0.3, 0.4) is 0 Å². The first-order valence-electron chi connectivity index (χ1n) is 3.72. The van der Waals surface area contributed by atoms with Crippen LogP contribution in [0.25, 0.3) is 0 Å². The summed E-state index contributed by atoms with van der Waals surface area (Å²) in [6.45, 7) is 4.66. The van der Waals surface area contributed by atoms with Gasteiger partial charge in [-0.3, -0.25) is 0 Å². The molecule has 0 aliphatic carbocycles. The summed E-state index contributed by atoms with van der Waals surface area (Å²) in [5, 5.41) is 2.09. The van der Waals surface area contributed by atoms with Crippen LogP contribution in [0.1, 0.15) is 11.3 Å². The van der Waals surface area contributed by atoms with Crippen molar-refractivity contribution in [1.82, 2.24) is 0 Å². The second-order valence-corrected chi connectivity index (χ2v) is 3.58. The van der Waals surface area contributed by atoms with E-state index in [1.807, 2.05) is 0 Å². The summed E-state index contributed by atoms with van der Waals surface area (Å²) in [6, 6.07) is 4.20. The highest BCUT2D eigenvalue weighted by atomic mass is 32.1. The molecule has 2 heteroatoms. The molecule has 0 aromatic carbocycles. The molecule has 1 heterocycles. The number of rotatable bonds is 4. The van der Waals surface area contributed by atoms with Crippen molar-refractivity contribution in [3.63, 3.8) is 0 Å². The fourth-order valence-corrected chi connectivity index (χ4v) is 1.73. The maximum atomic E-state index is 5.40. The van der Waals surface area contributed by atoms with Gasteiger partial charge >= 0.3 is 0 Å². The van der Waals surface area contributed by atoms with Crippen molar-refractivity contribution in [2.75, 3.05) is 6.54 Å². The molecule has 0 saturated carbocycles. The topological polar surface area (TPSA) is 26.0 Å². The lowest BCUT2D eigenvalue weighted by atomic mass is 10.1. The summed E-state index contributed by atoms with van der Waals surface area (Å²) >= 11 is 1.78. The third-order valence-electron chi connectivity index (χ3n) is 1.50. The van der Waals surface area contributed by atoms with Gasteiger partial charge in [0.1, 0.15) is 0 Å². The van der Waals surface area contributed by atoms with Crippen LogP contribution in [0.4, 0.5) is 0 Å². The second-order valence-electron chi connectivity index (χ2n) is 2.54. The van der Waals surface area contributed by atoms with Gasteiger partial charge in [-0.25, -0.2) is 0 Å². The Hall–Kier alpha value is -0.600. The lowest BCUT2D eigenvalue weighted by molar-refractivity contribution is 0.920. The van der Waals surface area contributed by atoms with E-state index in [9.17, 15) is 0 Å². The number of hydrogen-bond donors (Lipinski definition) is 1. The Bertz CT molecular complexity index is 213. The van der Waals surface area contributed by atoms with Crippen molar-refractivity contribution in [1.29, 1.82) is 0 Å². The monoisotopic (exact) mass is 167 g/mol. The van der Waals surface area contributed by atoms with E-state index >= 15 is 0 Å². The minimum atomic E-state index is 0.713. The van der Waals surface area contributed by atoms with Crippen molar-refractivity contribution in [2.24, 2.45) is 5.73 Å². The first-order chi connectivity index (χ1) is 5.33. The fourth-order valence-electron chi connectivity index (χ4n) is 0.952. The lowest BCUT2D eigenvalue weighted by Crippen LogP contribution is -2.00. The second kappa shape index (κ2) is 4.31. The van der Waals surface area contributed by atoms with Crippen molar-refractivity contribution in [3.8, 4) is 0 Å². The van der Waals surface area contributed by atoms with Gasteiger partial charge in [0.15, 0.2) is 0 Å². The van der Waals surface area contributed by atoms with E-state index in [0.717, 1.165) is 12.8 Å². The fraction of sp³-hybridized carbons (Fsp3) is 0.333. The number of nitrogens with two attached hydrogens (primary N) is 1. The first-order valence-corrected chi connectivity index (χ1v) is 4.60. The standard InChI is InChI=1S/C9H13NS/c1-8(4-5-10)7-9-3-2-6-11-9/h2-3,6H,1,4-5,7,10H2. The number of thiophene rings is 1. The lowest BCUT2D eigenvalue weighted by Gasteiger charge is -1.99. The molecule has 0 unspecified atom stereocenters. The molecule has 1 aromatic rings. The Morgan fingerprint density at radius 2 is 2.45 bits per heavy atom. The predicted octanol–water partition coefficient (Wildman–Crippen LogP) is 2.20. The van der Waals surface area contributed by atoms with E-state index in [-0.39, 0.29) is 0 Å². The maximum absolute atomic E-state index is 5.40. The normalized spacial score (nSPS) is 9.91. The smallest absolute Gasteiger partial charge is 0.00855 e. The van der Waals surface area contributed by atoms with Crippen molar-refractivity contribution in [3.05, 3.63) is 34.5 Å². The molecule has 1 aromatic heterocycles. The minimum absolute atomic E-state index is 0.713. The molecule has 0 aliphatic rings. The highest BCUT2D eigenvalue weighted by Gasteiger charge is 1.96. The van der Waals surface area contributed by atoms with Crippen LogP contribution in [0.15, 0.2) is 29.7 Å². The molecule has 0 amide bonds. The summed E-state index contributed by atoms with van der Waals surface area (Å²) in [5.74, 6) is 0. The van der Waals surface area contributed by atoms with E-state index in [4.69, 9.17) is 5.73 Å². The molecule has 0 atom stereocenters. The summed E-state index contributed by atoms with van der Waals surface area (Å²) in [5.41, 5.74) is 6.63. The highest BCUT2D eigenvalue weighted by Crippen LogP contribution is 2.14. The molecule has 11 heavy (non-hydrogen) atoms. The molecule has 60 valence electrons. The van der Waals surface area contributed by atoms with Crippen LogP contribution in [-0.4, -0.2) is 6.54 Å². The average molecular weight is 167 g/mol. The summed E-state index contributed by atoms with van der Waals surface area (Å²) in [7, 11) is 0. The average Bonchev–Trinajstić information content (AvgIpc) is 2.40. The van der Waals surface area contributed by atoms with Gasteiger partial charge < -0.3 is 5.73 Å². The van der Waals surface area contributed by atoms with Crippen LogP contribution in [0.2, 0.25) is 0 Å². The first kappa shape index (κ1) is 8.50. The zero-order valence-electron chi connectivity index (χ0n) is 6.55. The third-order valence-corrected chi connectivity index (χ3v) is 2.38. The van der Waals surface area contributed by atoms with E-state index in [2.05, 4.69) is 24.1 Å². The molecule has 0 aliphatic heterocycles. The molecule has 0 saturated heterocycles. The SMILES string of the molecule is C=C(CCN)Cc1cccs1. The zero-order valence-corrected chi connectivity index (χ0v) is 7.36. The van der Waals surface area contributed by atoms with Crippen LogP contribution in [-0.2, 0) is 6.42 Å². The zero-order chi connectivity index (χ0) is 8.10.